The van der Waals surface area contributed by atoms with Crippen LogP contribution < -0.4 is 11.1 Å². The molecule has 0 fully saturated rings. The highest BCUT2D eigenvalue weighted by molar-refractivity contribution is 6.02. The Kier molecular flexibility index (Phi) is 4.44. The number of nitrogens with two attached hydrogens (primary N) is 1. The first kappa shape index (κ1) is 18.9. The zero-order valence-corrected chi connectivity index (χ0v) is 14.4. The van der Waals surface area contributed by atoms with E-state index in [0.717, 1.165) is 18.4 Å². The van der Waals surface area contributed by atoms with Gasteiger partial charge in [0.25, 0.3) is 5.91 Å². The van der Waals surface area contributed by atoms with Crippen LogP contribution in [0.25, 0.3) is 0 Å². The molecule has 0 radical (unpaired) electrons. The lowest BCUT2D eigenvalue weighted by atomic mass is 9.79. The summed E-state index contributed by atoms with van der Waals surface area (Å²) >= 11 is 0. The van der Waals surface area contributed by atoms with Crippen LogP contribution in [0.5, 0.6) is 0 Å². The maximum Gasteiger partial charge on any atom is 0.394 e. The van der Waals surface area contributed by atoms with Crippen molar-refractivity contribution in [3.05, 3.63) is 47.4 Å². The topological polar surface area (TPSA) is 93.5 Å². The number of aromatic nitrogens is 1. The molecule has 2 aromatic rings. The van der Waals surface area contributed by atoms with Gasteiger partial charge in [-0.15, -0.1) is 0 Å². The third kappa shape index (κ3) is 3.51. The van der Waals surface area contributed by atoms with Crippen molar-refractivity contribution in [2.45, 2.75) is 32.0 Å². The highest BCUT2D eigenvalue weighted by Crippen LogP contribution is 2.49. The Hall–Kier alpha value is -2.91. The fourth-order valence-electron chi connectivity index (χ4n) is 3.17. The van der Waals surface area contributed by atoms with Gasteiger partial charge in [-0.1, -0.05) is 0 Å². The van der Waals surface area contributed by atoms with E-state index in [9.17, 15) is 22.4 Å². The Morgan fingerprint density at radius 1 is 1.41 bits per heavy atom. The number of anilines is 1. The van der Waals surface area contributed by atoms with Crippen LogP contribution in [0.3, 0.4) is 0 Å². The van der Waals surface area contributed by atoms with E-state index in [2.05, 4.69) is 15.3 Å². The molecular weight excluding hydrogens is 368 g/mol. The van der Waals surface area contributed by atoms with Gasteiger partial charge in [0.05, 0.1) is 17.3 Å². The molecule has 10 heteroatoms. The number of amides is 1. The van der Waals surface area contributed by atoms with Gasteiger partial charge in [0.15, 0.2) is 11.6 Å². The van der Waals surface area contributed by atoms with Crippen molar-refractivity contribution < 1.29 is 26.8 Å². The molecule has 3 rings (SSSR count). The number of oxazole rings is 1. The third-order valence-corrected chi connectivity index (χ3v) is 4.48. The second kappa shape index (κ2) is 6.36. The SMILES string of the molecule is Cc1nc(C(=O)Nc2ccc(F)c([C@@]3(C)N=C(N)C[C@H]3C(F)(F)F)c2)co1. The molecular formula is C17H16F4N4O2. The molecule has 27 heavy (non-hydrogen) atoms. The number of benzene rings is 1. The summed E-state index contributed by atoms with van der Waals surface area (Å²) in [5.74, 6) is -3.41. The Labute approximate surface area is 151 Å². The van der Waals surface area contributed by atoms with E-state index in [1.807, 2.05) is 0 Å². The number of nitrogens with zero attached hydrogens (tertiary/aromatic N) is 2. The minimum absolute atomic E-state index is 0.0131. The quantitative estimate of drug-likeness (QED) is 0.792. The van der Waals surface area contributed by atoms with Crippen LogP contribution in [0.1, 0.15) is 35.3 Å². The molecule has 2 atom stereocenters. The number of alkyl halides is 3. The number of carbonyl (C=O) groups excluding carboxylic acids is 1. The molecule has 1 aliphatic rings. The molecule has 0 saturated carbocycles. The lowest BCUT2D eigenvalue weighted by Gasteiger charge is -2.31. The Bertz CT molecular complexity index is 922. The molecule has 0 unspecified atom stereocenters. The van der Waals surface area contributed by atoms with Gasteiger partial charge in [0.2, 0.25) is 0 Å². The predicted molar refractivity (Wildman–Crippen MR) is 88.7 cm³/mol. The molecule has 1 aliphatic heterocycles. The maximum absolute atomic E-state index is 14.4. The highest BCUT2D eigenvalue weighted by Gasteiger charge is 2.56. The first-order valence-electron chi connectivity index (χ1n) is 7.95. The van der Waals surface area contributed by atoms with E-state index in [1.165, 1.54) is 13.0 Å². The van der Waals surface area contributed by atoms with Crippen molar-refractivity contribution >= 4 is 17.4 Å². The van der Waals surface area contributed by atoms with Crippen LogP contribution in [0.4, 0.5) is 23.2 Å². The molecule has 0 saturated heterocycles. The summed E-state index contributed by atoms with van der Waals surface area (Å²) in [5, 5.41) is 2.46. The molecule has 1 aromatic heterocycles. The van der Waals surface area contributed by atoms with Gasteiger partial charge < -0.3 is 15.5 Å². The van der Waals surface area contributed by atoms with Crippen molar-refractivity contribution in [1.29, 1.82) is 0 Å². The minimum atomic E-state index is -4.62. The number of rotatable bonds is 3. The van der Waals surface area contributed by atoms with Crippen molar-refractivity contribution in [3.8, 4) is 0 Å². The first-order chi connectivity index (χ1) is 12.5. The van der Waals surface area contributed by atoms with Gasteiger partial charge in [-0.3, -0.25) is 9.79 Å². The summed E-state index contributed by atoms with van der Waals surface area (Å²) in [5.41, 5.74) is 3.37. The number of halogens is 4. The maximum atomic E-state index is 14.4. The smallest absolute Gasteiger partial charge is 0.394 e. The van der Waals surface area contributed by atoms with Crippen molar-refractivity contribution in [3.63, 3.8) is 0 Å². The molecule has 6 nitrogen and oxygen atoms in total. The first-order valence-corrected chi connectivity index (χ1v) is 7.95. The van der Waals surface area contributed by atoms with Crippen LogP contribution in [0.2, 0.25) is 0 Å². The summed E-state index contributed by atoms with van der Waals surface area (Å²) in [6, 6.07) is 3.33. The average Bonchev–Trinajstić information content (AvgIpc) is 3.12. The van der Waals surface area contributed by atoms with Gasteiger partial charge in [-0.2, -0.15) is 13.2 Å². The number of hydrogen-bond donors (Lipinski definition) is 2. The third-order valence-electron chi connectivity index (χ3n) is 4.48. The van der Waals surface area contributed by atoms with E-state index >= 15 is 0 Å². The van der Waals surface area contributed by atoms with E-state index in [0.29, 0.717) is 0 Å². The van der Waals surface area contributed by atoms with Gasteiger partial charge in [0.1, 0.15) is 12.1 Å². The Morgan fingerprint density at radius 3 is 2.70 bits per heavy atom. The number of carbonyl (C=O) groups is 1. The zero-order chi connectivity index (χ0) is 20.0. The van der Waals surface area contributed by atoms with E-state index in [-0.39, 0.29) is 28.7 Å². The van der Waals surface area contributed by atoms with Crippen LogP contribution in [0.15, 0.2) is 33.9 Å². The van der Waals surface area contributed by atoms with Gasteiger partial charge >= 0.3 is 6.18 Å². The lowest BCUT2D eigenvalue weighted by molar-refractivity contribution is -0.187. The number of hydrogen-bond acceptors (Lipinski definition) is 5. The molecule has 0 aliphatic carbocycles. The fourth-order valence-corrected chi connectivity index (χ4v) is 3.17. The summed E-state index contributed by atoms with van der Waals surface area (Å²) in [4.78, 5) is 19.9. The summed E-state index contributed by atoms with van der Waals surface area (Å²) in [6.07, 6.45) is -4.00. The van der Waals surface area contributed by atoms with E-state index in [1.54, 1.807) is 6.92 Å². The van der Waals surface area contributed by atoms with Crippen LogP contribution >= 0.6 is 0 Å². The van der Waals surface area contributed by atoms with E-state index in [4.69, 9.17) is 10.2 Å². The summed E-state index contributed by atoms with van der Waals surface area (Å²) in [6.45, 7) is 2.73. The highest BCUT2D eigenvalue weighted by atomic mass is 19.4. The molecule has 3 N–H and O–H groups in total. The Morgan fingerprint density at radius 2 is 2.11 bits per heavy atom. The van der Waals surface area contributed by atoms with Crippen molar-refractivity contribution in [2.75, 3.05) is 5.32 Å². The molecule has 0 spiro atoms. The predicted octanol–water partition coefficient (Wildman–Crippen LogP) is 3.53. The molecule has 144 valence electrons. The number of nitrogens with one attached hydrogen (secondary N) is 1. The normalized spacial score (nSPS) is 22.6. The minimum Gasteiger partial charge on any atom is -0.448 e. The largest absolute Gasteiger partial charge is 0.448 e. The molecule has 0 bridgehead atoms. The second-order valence-electron chi connectivity index (χ2n) is 6.45. The summed E-state index contributed by atoms with van der Waals surface area (Å²) < 4.78 is 59.7. The van der Waals surface area contributed by atoms with Crippen LogP contribution in [0, 0.1) is 18.7 Å². The zero-order valence-electron chi connectivity index (χ0n) is 14.4. The average molecular weight is 384 g/mol. The van der Waals surface area contributed by atoms with Gasteiger partial charge in [-0.05, 0) is 25.1 Å². The van der Waals surface area contributed by atoms with E-state index < -0.39 is 35.8 Å². The second-order valence-corrected chi connectivity index (χ2v) is 6.45. The number of aliphatic imine (C=N–C) groups is 1. The van der Waals surface area contributed by atoms with Crippen molar-refractivity contribution in [2.24, 2.45) is 16.6 Å². The summed E-state index contributed by atoms with van der Waals surface area (Å²) in [7, 11) is 0. The molecule has 1 aromatic carbocycles. The van der Waals surface area contributed by atoms with Crippen molar-refractivity contribution in [1.82, 2.24) is 4.98 Å². The van der Waals surface area contributed by atoms with Crippen LogP contribution in [-0.2, 0) is 5.54 Å². The Balaban J connectivity index is 1.96. The monoisotopic (exact) mass is 384 g/mol. The lowest BCUT2D eigenvalue weighted by Crippen LogP contribution is -2.38. The van der Waals surface area contributed by atoms with Gasteiger partial charge in [0, 0.05) is 24.6 Å². The fraction of sp³-hybridized carbons (Fsp3) is 0.353. The van der Waals surface area contributed by atoms with Crippen LogP contribution in [-0.4, -0.2) is 22.9 Å². The molecule has 2 heterocycles. The molecule has 1 amide bonds. The number of amidine groups is 1. The standard InChI is InChI=1S/C17H16F4N4O2/c1-8-23-12(7-27-8)15(26)24-9-3-4-11(18)10(5-9)16(2)13(17(19,20)21)6-14(22)25-16/h3-5,7,13H,6H2,1-2H3,(H2,22,25)(H,24,26)/t13-,16-/m1/s1. The number of aryl methyl sites for hydroxylation is 1. The van der Waals surface area contributed by atoms with Gasteiger partial charge in [-0.25, -0.2) is 9.37 Å².